The van der Waals surface area contributed by atoms with E-state index in [2.05, 4.69) is 17.1 Å². The van der Waals surface area contributed by atoms with Crippen LogP contribution in [0.4, 0.5) is 0 Å². The van der Waals surface area contributed by atoms with Gasteiger partial charge in [-0.2, -0.15) is 5.10 Å². The maximum absolute atomic E-state index is 5.88. The van der Waals surface area contributed by atoms with Gasteiger partial charge < -0.3 is 10.5 Å². The van der Waals surface area contributed by atoms with E-state index in [0.717, 1.165) is 24.1 Å². The van der Waals surface area contributed by atoms with Crippen LogP contribution in [-0.4, -0.2) is 21.3 Å². The van der Waals surface area contributed by atoms with Gasteiger partial charge in [0.1, 0.15) is 4.99 Å². The molecule has 0 aliphatic rings. The van der Waals surface area contributed by atoms with Gasteiger partial charge in [-0.1, -0.05) is 38.4 Å². The Morgan fingerprint density at radius 3 is 2.55 bits per heavy atom. The van der Waals surface area contributed by atoms with E-state index < -0.39 is 0 Å². The number of ether oxygens (including phenoxy) is 1. The highest BCUT2D eigenvalue weighted by molar-refractivity contribution is 7.80. The van der Waals surface area contributed by atoms with Crippen LogP contribution in [0.2, 0.25) is 0 Å². The Bertz CT molecular complexity index is 463. The molecule has 0 aliphatic heterocycles. The number of aromatic nitrogens is 2. The fraction of sp³-hybridized carbons (Fsp3) is 0.667. The van der Waals surface area contributed by atoms with E-state index in [9.17, 15) is 0 Å². The van der Waals surface area contributed by atoms with Crippen molar-refractivity contribution in [3.05, 3.63) is 16.8 Å². The van der Waals surface area contributed by atoms with Crippen LogP contribution in [0.25, 0.3) is 0 Å². The summed E-state index contributed by atoms with van der Waals surface area (Å²) in [6, 6.07) is 0. The first-order valence-corrected chi connectivity index (χ1v) is 7.68. The van der Waals surface area contributed by atoms with Crippen molar-refractivity contribution in [3.8, 4) is 5.88 Å². The largest absolute Gasteiger partial charge is 0.473 e. The molecule has 1 aromatic rings. The molecule has 0 bridgehead atoms. The normalized spacial score (nSPS) is 12.2. The fourth-order valence-corrected chi connectivity index (χ4v) is 2.31. The molecule has 1 heterocycles. The van der Waals surface area contributed by atoms with Crippen LogP contribution >= 0.6 is 12.2 Å². The number of thiocarbonyl (C=S) groups is 1. The van der Waals surface area contributed by atoms with E-state index in [4.69, 9.17) is 22.7 Å². The molecular formula is C15H25N3OS. The van der Waals surface area contributed by atoms with E-state index in [-0.39, 0.29) is 6.10 Å². The summed E-state index contributed by atoms with van der Waals surface area (Å²) in [4.78, 5) is 0.314. The zero-order valence-electron chi connectivity index (χ0n) is 12.9. The summed E-state index contributed by atoms with van der Waals surface area (Å²) in [5.74, 6) is 0.462. The lowest BCUT2D eigenvalue weighted by atomic mass is 10.1. The Morgan fingerprint density at radius 2 is 1.95 bits per heavy atom. The predicted octanol–water partition coefficient (Wildman–Crippen LogP) is 3.47. The van der Waals surface area contributed by atoms with Crippen molar-refractivity contribution in [2.75, 3.05) is 0 Å². The number of nitrogens with two attached hydrogens (primary N) is 1. The minimum Gasteiger partial charge on any atom is -0.473 e. The maximum Gasteiger partial charge on any atom is 0.244 e. The molecule has 1 atom stereocenters. The standard InChI is InChI=1S/C15H25N3OS/c1-5-6-7-8-9-10(2)19-15-13(14(16)20)11(3)12(4)17-18-15/h10H,5-9H2,1-4H3,(H2,16,20). The van der Waals surface area contributed by atoms with Gasteiger partial charge >= 0.3 is 0 Å². The first kappa shape index (κ1) is 16.8. The molecule has 1 aromatic heterocycles. The molecule has 0 radical (unpaired) electrons. The Hall–Kier alpha value is -1.23. The molecule has 0 amide bonds. The number of hydrogen-bond acceptors (Lipinski definition) is 4. The van der Waals surface area contributed by atoms with Crippen molar-refractivity contribution in [2.24, 2.45) is 5.73 Å². The van der Waals surface area contributed by atoms with Gasteiger partial charge in [-0.3, -0.25) is 0 Å². The molecule has 112 valence electrons. The number of hydrogen-bond donors (Lipinski definition) is 1. The number of rotatable bonds is 8. The number of unbranched alkanes of at least 4 members (excludes halogenated alkanes) is 3. The molecule has 0 aromatic carbocycles. The zero-order chi connectivity index (χ0) is 15.1. The van der Waals surface area contributed by atoms with E-state index in [1.165, 1.54) is 19.3 Å². The second-order valence-electron chi connectivity index (χ2n) is 5.23. The Labute approximate surface area is 127 Å². The summed E-state index contributed by atoms with van der Waals surface area (Å²) < 4.78 is 5.88. The maximum atomic E-state index is 5.88. The molecular weight excluding hydrogens is 270 g/mol. The molecule has 20 heavy (non-hydrogen) atoms. The highest BCUT2D eigenvalue weighted by Crippen LogP contribution is 2.22. The van der Waals surface area contributed by atoms with Gasteiger partial charge in [0.2, 0.25) is 5.88 Å². The lowest BCUT2D eigenvalue weighted by Gasteiger charge is -2.17. The van der Waals surface area contributed by atoms with Crippen LogP contribution in [0.1, 0.15) is 62.8 Å². The van der Waals surface area contributed by atoms with E-state index in [0.29, 0.717) is 16.4 Å². The van der Waals surface area contributed by atoms with Crippen molar-refractivity contribution in [2.45, 2.75) is 65.9 Å². The molecule has 0 saturated carbocycles. The molecule has 4 nitrogen and oxygen atoms in total. The summed E-state index contributed by atoms with van der Waals surface area (Å²) in [6.45, 7) is 8.09. The van der Waals surface area contributed by atoms with E-state index >= 15 is 0 Å². The average Bonchev–Trinajstić information content (AvgIpc) is 2.39. The Morgan fingerprint density at radius 1 is 1.25 bits per heavy atom. The van der Waals surface area contributed by atoms with Gasteiger partial charge in [0.25, 0.3) is 0 Å². The summed E-state index contributed by atoms with van der Waals surface area (Å²) in [5, 5.41) is 8.20. The van der Waals surface area contributed by atoms with E-state index in [1.54, 1.807) is 0 Å². The molecule has 1 unspecified atom stereocenters. The molecule has 5 heteroatoms. The first-order valence-electron chi connectivity index (χ1n) is 7.27. The van der Waals surface area contributed by atoms with Gasteiger partial charge in [0, 0.05) is 0 Å². The smallest absolute Gasteiger partial charge is 0.244 e. The highest BCUT2D eigenvalue weighted by atomic mass is 32.1. The van der Waals surface area contributed by atoms with Crippen LogP contribution in [0.5, 0.6) is 5.88 Å². The Kier molecular flexibility index (Phi) is 6.85. The van der Waals surface area contributed by atoms with Gasteiger partial charge in [0.05, 0.1) is 17.4 Å². The van der Waals surface area contributed by atoms with E-state index in [1.807, 2.05) is 20.8 Å². The van der Waals surface area contributed by atoms with Gasteiger partial charge in [-0.05, 0) is 39.2 Å². The van der Waals surface area contributed by atoms with Crippen molar-refractivity contribution in [1.82, 2.24) is 10.2 Å². The SMILES string of the molecule is CCCCCCC(C)Oc1nnc(C)c(C)c1C(N)=S. The molecule has 0 spiro atoms. The first-order chi connectivity index (χ1) is 9.47. The van der Waals surface area contributed by atoms with Crippen LogP contribution < -0.4 is 10.5 Å². The quantitative estimate of drug-likeness (QED) is 0.588. The van der Waals surface area contributed by atoms with Crippen molar-refractivity contribution in [1.29, 1.82) is 0 Å². The van der Waals surface area contributed by atoms with Crippen LogP contribution in [-0.2, 0) is 0 Å². The third kappa shape index (κ3) is 4.71. The molecule has 2 N–H and O–H groups in total. The number of nitrogens with zero attached hydrogens (tertiary/aromatic N) is 2. The topological polar surface area (TPSA) is 61.0 Å². The Balaban J connectivity index is 2.72. The minimum atomic E-state index is 0.0939. The molecule has 0 saturated heterocycles. The highest BCUT2D eigenvalue weighted by Gasteiger charge is 2.16. The van der Waals surface area contributed by atoms with Gasteiger partial charge in [-0.15, -0.1) is 5.10 Å². The summed E-state index contributed by atoms with van der Waals surface area (Å²) >= 11 is 5.10. The summed E-state index contributed by atoms with van der Waals surface area (Å²) in [6.07, 6.45) is 6.01. The number of aryl methyl sites for hydroxylation is 1. The lowest BCUT2D eigenvalue weighted by molar-refractivity contribution is 0.195. The van der Waals surface area contributed by atoms with Crippen molar-refractivity contribution < 1.29 is 4.74 Å². The summed E-state index contributed by atoms with van der Waals surface area (Å²) in [5.41, 5.74) is 8.27. The molecule has 0 aliphatic carbocycles. The third-order valence-corrected chi connectivity index (χ3v) is 3.65. The molecule has 0 fully saturated rings. The molecule has 1 rings (SSSR count). The summed E-state index contributed by atoms with van der Waals surface area (Å²) in [7, 11) is 0. The second kappa shape index (κ2) is 8.15. The monoisotopic (exact) mass is 295 g/mol. The van der Waals surface area contributed by atoms with Gasteiger partial charge in [-0.25, -0.2) is 0 Å². The van der Waals surface area contributed by atoms with Crippen molar-refractivity contribution >= 4 is 17.2 Å². The zero-order valence-corrected chi connectivity index (χ0v) is 13.7. The fourth-order valence-electron chi connectivity index (χ4n) is 2.07. The average molecular weight is 295 g/mol. The minimum absolute atomic E-state index is 0.0939. The van der Waals surface area contributed by atoms with Gasteiger partial charge in [0.15, 0.2) is 0 Å². The van der Waals surface area contributed by atoms with Crippen LogP contribution in [0, 0.1) is 13.8 Å². The van der Waals surface area contributed by atoms with Crippen LogP contribution in [0.3, 0.4) is 0 Å². The van der Waals surface area contributed by atoms with Crippen LogP contribution in [0.15, 0.2) is 0 Å². The second-order valence-corrected chi connectivity index (χ2v) is 5.67. The third-order valence-electron chi connectivity index (χ3n) is 3.45. The lowest BCUT2D eigenvalue weighted by Crippen LogP contribution is -2.20. The van der Waals surface area contributed by atoms with Crippen molar-refractivity contribution in [3.63, 3.8) is 0 Å². The predicted molar refractivity (Wildman–Crippen MR) is 86.2 cm³/mol.